The normalized spacial score (nSPS) is 12.5. The molecule has 0 fully saturated rings. The lowest BCUT2D eigenvalue weighted by molar-refractivity contribution is -0.120. The third-order valence-electron chi connectivity index (χ3n) is 2.97. The van der Waals surface area contributed by atoms with Crippen molar-refractivity contribution in [1.29, 1.82) is 0 Å². The van der Waals surface area contributed by atoms with Crippen LogP contribution in [0, 0.1) is 0 Å². The van der Waals surface area contributed by atoms with Gasteiger partial charge in [-0.25, -0.2) is 0 Å². The van der Waals surface area contributed by atoms with E-state index in [4.69, 9.17) is 0 Å². The lowest BCUT2D eigenvalue weighted by Gasteiger charge is -2.21. The summed E-state index contributed by atoms with van der Waals surface area (Å²) in [6.45, 7) is 4.64. The molecule has 0 saturated heterocycles. The number of halogens is 1. The van der Waals surface area contributed by atoms with Crippen LogP contribution in [0.5, 0.6) is 0 Å². The van der Waals surface area contributed by atoms with Crippen molar-refractivity contribution >= 4 is 27.5 Å². The van der Waals surface area contributed by atoms with Crippen LogP contribution in [0.3, 0.4) is 0 Å². The average molecular weight is 330 g/mol. The number of anilines is 1. The van der Waals surface area contributed by atoms with E-state index in [9.17, 15) is 9.59 Å². The first kappa shape index (κ1) is 15.9. The first-order chi connectivity index (χ1) is 8.90. The Balaban J connectivity index is 3.02. The first-order valence-corrected chi connectivity index (χ1v) is 7.06. The molecule has 106 valence electrons. The SMILES string of the molecule is CC[C@@H](C(=O)Nc1cn(CC)cc(Br)c1=O)N(C)C. The third-order valence-corrected chi connectivity index (χ3v) is 3.54. The molecule has 0 aromatic carbocycles. The Morgan fingerprint density at radius 2 is 2.05 bits per heavy atom. The second-order valence-electron chi connectivity index (χ2n) is 4.56. The molecule has 1 atom stereocenters. The van der Waals surface area contributed by atoms with Crippen molar-refractivity contribution in [3.8, 4) is 0 Å². The van der Waals surface area contributed by atoms with E-state index in [-0.39, 0.29) is 17.4 Å². The van der Waals surface area contributed by atoms with E-state index in [1.165, 1.54) is 0 Å². The Kier molecular flexibility index (Phi) is 5.75. The predicted molar refractivity (Wildman–Crippen MR) is 80.5 cm³/mol. The van der Waals surface area contributed by atoms with E-state index in [1.807, 2.05) is 37.4 Å². The Bertz CT molecular complexity index is 511. The summed E-state index contributed by atoms with van der Waals surface area (Å²) in [5.74, 6) is -0.162. The number of likely N-dealkylation sites (N-methyl/N-ethyl adjacent to an activating group) is 1. The number of carbonyl (C=O) groups is 1. The van der Waals surface area contributed by atoms with E-state index < -0.39 is 0 Å². The standard InChI is InChI=1S/C13H20BrN3O2/c1-5-11(16(3)4)13(19)15-10-8-17(6-2)7-9(14)12(10)18/h7-8,11H,5-6H2,1-4H3,(H,15,19)/t11-/m0/s1. The van der Waals surface area contributed by atoms with Crippen LogP contribution < -0.4 is 10.7 Å². The van der Waals surface area contributed by atoms with E-state index in [0.717, 1.165) is 6.54 Å². The Hall–Kier alpha value is -1.14. The van der Waals surface area contributed by atoms with Crippen LogP contribution in [0.25, 0.3) is 0 Å². The number of pyridine rings is 1. The zero-order valence-electron chi connectivity index (χ0n) is 11.7. The topological polar surface area (TPSA) is 54.3 Å². The maximum absolute atomic E-state index is 12.1. The Morgan fingerprint density at radius 3 is 2.53 bits per heavy atom. The molecule has 1 amide bonds. The molecule has 1 heterocycles. The summed E-state index contributed by atoms with van der Waals surface area (Å²) in [5, 5.41) is 2.71. The number of nitrogens with one attached hydrogen (secondary N) is 1. The molecule has 0 radical (unpaired) electrons. The highest BCUT2D eigenvalue weighted by molar-refractivity contribution is 9.10. The van der Waals surface area contributed by atoms with E-state index >= 15 is 0 Å². The van der Waals surface area contributed by atoms with Crippen LogP contribution in [-0.4, -0.2) is 35.5 Å². The summed E-state index contributed by atoms with van der Waals surface area (Å²) in [6.07, 6.45) is 4.06. The maximum Gasteiger partial charge on any atom is 0.241 e. The van der Waals surface area contributed by atoms with Gasteiger partial charge in [-0.1, -0.05) is 6.92 Å². The number of nitrogens with zero attached hydrogens (tertiary/aromatic N) is 2. The summed E-state index contributed by atoms with van der Waals surface area (Å²) >= 11 is 3.22. The smallest absolute Gasteiger partial charge is 0.241 e. The molecule has 0 unspecified atom stereocenters. The molecule has 0 aliphatic heterocycles. The number of amides is 1. The van der Waals surface area contributed by atoms with Crippen molar-refractivity contribution in [3.63, 3.8) is 0 Å². The van der Waals surface area contributed by atoms with Gasteiger partial charge >= 0.3 is 0 Å². The van der Waals surface area contributed by atoms with Crippen molar-refractivity contribution in [2.24, 2.45) is 0 Å². The molecule has 19 heavy (non-hydrogen) atoms. The van der Waals surface area contributed by atoms with E-state index in [0.29, 0.717) is 16.6 Å². The van der Waals surface area contributed by atoms with Gasteiger partial charge in [-0.05, 0) is 43.4 Å². The van der Waals surface area contributed by atoms with Gasteiger partial charge in [0.05, 0.1) is 10.5 Å². The predicted octanol–water partition coefficient (Wildman–Crippen LogP) is 1.91. The van der Waals surface area contributed by atoms with Crippen molar-refractivity contribution in [2.75, 3.05) is 19.4 Å². The average Bonchev–Trinajstić information content (AvgIpc) is 2.34. The summed E-state index contributed by atoms with van der Waals surface area (Å²) in [7, 11) is 3.69. The van der Waals surface area contributed by atoms with Gasteiger partial charge in [0, 0.05) is 18.9 Å². The van der Waals surface area contributed by atoms with Crippen LogP contribution in [0.4, 0.5) is 5.69 Å². The molecule has 6 heteroatoms. The minimum Gasteiger partial charge on any atom is -0.351 e. The van der Waals surface area contributed by atoms with E-state index in [2.05, 4.69) is 21.2 Å². The fourth-order valence-corrected chi connectivity index (χ4v) is 2.34. The monoisotopic (exact) mass is 329 g/mol. The molecule has 0 aliphatic rings. The van der Waals surface area contributed by atoms with Gasteiger partial charge in [-0.2, -0.15) is 0 Å². The summed E-state index contributed by atoms with van der Waals surface area (Å²) in [6, 6.07) is -0.242. The minimum absolute atomic E-state index is 0.162. The minimum atomic E-state index is -0.242. The van der Waals surface area contributed by atoms with Crippen molar-refractivity contribution < 1.29 is 4.79 Å². The maximum atomic E-state index is 12.1. The van der Waals surface area contributed by atoms with Gasteiger partial charge < -0.3 is 9.88 Å². The molecule has 0 spiro atoms. The number of aryl methyl sites for hydroxylation is 1. The number of hydrogen-bond acceptors (Lipinski definition) is 3. The summed E-state index contributed by atoms with van der Waals surface area (Å²) in [5.41, 5.74) is 0.105. The second-order valence-corrected chi connectivity index (χ2v) is 5.41. The highest BCUT2D eigenvalue weighted by Crippen LogP contribution is 2.10. The first-order valence-electron chi connectivity index (χ1n) is 6.27. The van der Waals surface area contributed by atoms with E-state index in [1.54, 1.807) is 12.4 Å². The molecule has 1 aromatic heterocycles. The number of aromatic nitrogens is 1. The van der Waals surface area contributed by atoms with Crippen LogP contribution in [-0.2, 0) is 11.3 Å². The quantitative estimate of drug-likeness (QED) is 0.897. The van der Waals surface area contributed by atoms with Crippen LogP contribution in [0.15, 0.2) is 21.7 Å². The van der Waals surface area contributed by atoms with Crippen LogP contribution in [0.2, 0.25) is 0 Å². The number of carbonyl (C=O) groups excluding carboxylic acids is 1. The fourth-order valence-electron chi connectivity index (χ4n) is 1.87. The molecule has 1 aromatic rings. The second kappa shape index (κ2) is 6.86. The highest BCUT2D eigenvalue weighted by atomic mass is 79.9. The van der Waals surface area contributed by atoms with Gasteiger partial charge in [0.2, 0.25) is 11.3 Å². The van der Waals surface area contributed by atoms with Crippen molar-refractivity contribution in [1.82, 2.24) is 9.47 Å². The zero-order valence-corrected chi connectivity index (χ0v) is 13.3. The molecule has 5 nitrogen and oxygen atoms in total. The third kappa shape index (κ3) is 3.91. The molecule has 0 bridgehead atoms. The Morgan fingerprint density at radius 1 is 1.42 bits per heavy atom. The molecule has 0 aliphatic carbocycles. The van der Waals surface area contributed by atoms with Crippen LogP contribution >= 0.6 is 15.9 Å². The van der Waals surface area contributed by atoms with Gasteiger partial charge in [-0.15, -0.1) is 0 Å². The lowest BCUT2D eigenvalue weighted by Crippen LogP contribution is -2.40. The van der Waals surface area contributed by atoms with Gasteiger partial charge in [0.15, 0.2) is 0 Å². The molecular formula is C13H20BrN3O2. The number of hydrogen-bond donors (Lipinski definition) is 1. The Labute approximate surface area is 121 Å². The van der Waals surface area contributed by atoms with Crippen LogP contribution in [0.1, 0.15) is 20.3 Å². The largest absolute Gasteiger partial charge is 0.351 e. The fraction of sp³-hybridized carbons (Fsp3) is 0.538. The van der Waals surface area contributed by atoms with Crippen molar-refractivity contribution in [3.05, 3.63) is 27.1 Å². The highest BCUT2D eigenvalue weighted by Gasteiger charge is 2.20. The van der Waals surface area contributed by atoms with Gasteiger partial charge in [-0.3, -0.25) is 14.5 Å². The van der Waals surface area contributed by atoms with Crippen molar-refractivity contribution in [2.45, 2.75) is 32.9 Å². The molecule has 0 saturated carbocycles. The summed E-state index contributed by atoms with van der Waals surface area (Å²) in [4.78, 5) is 25.9. The lowest BCUT2D eigenvalue weighted by atomic mass is 10.2. The zero-order chi connectivity index (χ0) is 14.6. The molecule has 1 rings (SSSR count). The number of rotatable bonds is 5. The molecular weight excluding hydrogens is 310 g/mol. The van der Waals surface area contributed by atoms with Gasteiger partial charge in [0.25, 0.3) is 0 Å². The van der Waals surface area contributed by atoms with Gasteiger partial charge in [0.1, 0.15) is 5.69 Å². The summed E-state index contributed by atoms with van der Waals surface area (Å²) < 4.78 is 2.29. The molecule has 1 N–H and O–H groups in total.